The van der Waals surface area contributed by atoms with Crippen LogP contribution in [0.1, 0.15) is 12.5 Å². The van der Waals surface area contributed by atoms with Crippen molar-refractivity contribution in [1.82, 2.24) is 4.98 Å². The molecule has 0 aliphatic heterocycles. The first-order chi connectivity index (χ1) is 16.2. The Kier molecular flexibility index (Phi) is 5.75. The van der Waals surface area contributed by atoms with E-state index in [0.717, 1.165) is 49.2 Å². The number of benzene rings is 4. The van der Waals surface area contributed by atoms with Gasteiger partial charge < -0.3 is 9.47 Å². The van der Waals surface area contributed by atoms with E-state index >= 15 is 0 Å². The number of nitrogens with zero attached hydrogens (tertiary/aromatic N) is 2. The fourth-order valence-electron chi connectivity index (χ4n) is 3.54. The lowest BCUT2D eigenvalue weighted by molar-refractivity contribution is 0.340. The average Bonchev–Trinajstić information content (AvgIpc) is 3.29. The molecule has 0 aliphatic carbocycles. The summed E-state index contributed by atoms with van der Waals surface area (Å²) in [5.41, 5.74) is 4.83. The summed E-state index contributed by atoms with van der Waals surface area (Å²) in [6.07, 6.45) is 0. The Morgan fingerprint density at radius 2 is 1.33 bits per heavy atom. The summed E-state index contributed by atoms with van der Waals surface area (Å²) in [7, 11) is 0. The predicted octanol–water partition coefficient (Wildman–Crippen LogP) is 7.69. The molecule has 0 saturated carbocycles. The Morgan fingerprint density at radius 1 is 0.758 bits per heavy atom. The molecule has 0 aliphatic rings. The van der Waals surface area contributed by atoms with E-state index in [1.165, 1.54) is 0 Å². The molecule has 0 atom stereocenters. The highest BCUT2D eigenvalue weighted by Crippen LogP contribution is 2.33. The number of fused-ring (bicyclic) bond motifs is 1. The van der Waals surface area contributed by atoms with Gasteiger partial charge in [0, 0.05) is 5.56 Å². The van der Waals surface area contributed by atoms with E-state index in [4.69, 9.17) is 14.7 Å². The van der Waals surface area contributed by atoms with Crippen LogP contribution < -0.4 is 9.47 Å². The maximum atomic E-state index is 9.09. The quantitative estimate of drug-likeness (QED) is 0.267. The van der Waals surface area contributed by atoms with Gasteiger partial charge in [0.15, 0.2) is 0 Å². The molecule has 1 aromatic heterocycles. The molecule has 0 spiro atoms. The highest BCUT2D eigenvalue weighted by molar-refractivity contribution is 7.21. The number of nitriles is 1. The second kappa shape index (κ2) is 9.15. The Morgan fingerprint density at radius 3 is 1.91 bits per heavy atom. The molecule has 160 valence electrons. The maximum absolute atomic E-state index is 9.09. The SMILES string of the molecule is CCOc1ccc(-c2ccc(Oc3ccc(-c4nc5ccc(C#N)cc5s4)cc3)cc2)cc1. The van der Waals surface area contributed by atoms with Gasteiger partial charge in [0.2, 0.25) is 0 Å². The molecular formula is C28H20N2O2S. The summed E-state index contributed by atoms with van der Waals surface area (Å²) in [6.45, 7) is 2.64. The average molecular weight is 449 g/mol. The molecule has 1 heterocycles. The zero-order chi connectivity index (χ0) is 22.6. The first-order valence-electron chi connectivity index (χ1n) is 10.6. The summed E-state index contributed by atoms with van der Waals surface area (Å²) >= 11 is 1.58. The Balaban J connectivity index is 1.29. The monoisotopic (exact) mass is 448 g/mol. The molecule has 0 unspecified atom stereocenters. The minimum atomic E-state index is 0.648. The van der Waals surface area contributed by atoms with Crippen molar-refractivity contribution in [3.63, 3.8) is 0 Å². The van der Waals surface area contributed by atoms with Crippen LogP contribution in [0, 0.1) is 11.3 Å². The third-order valence-corrected chi connectivity index (χ3v) is 6.27. The van der Waals surface area contributed by atoms with Gasteiger partial charge in [0.25, 0.3) is 0 Å². The van der Waals surface area contributed by atoms with Gasteiger partial charge in [0.1, 0.15) is 22.3 Å². The summed E-state index contributed by atoms with van der Waals surface area (Å²) < 4.78 is 12.5. The fourth-order valence-corrected chi connectivity index (χ4v) is 4.56. The molecule has 5 heteroatoms. The highest BCUT2D eigenvalue weighted by Gasteiger charge is 2.08. The smallest absolute Gasteiger partial charge is 0.127 e. The van der Waals surface area contributed by atoms with Gasteiger partial charge in [-0.25, -0.2) is 4.98 Å². The first kappa shape index (κ1) is 20.7. The predicted molar refractivity (Wildman–Crippen MR) is 133 cm³/mol. The summed E-state index contributed by atoms with van der Waals surface area (Å²) in [5.74, 6) is 2.42. The van der Waals surface area contributed by atoms with E-state index in [-0.39, 0.29) is 0 Å². The summed E-state index contributed by atoms with van der Waals surface area (Å²) in [6, 6.07) is 31.8. The minimum absolute atomic E-state index is 0.648. The lowest BCUT2D eigenvalue weighted by atomic mass is 10.1. The van der Waals surface area contributed by atoms with Crippen molar-refractivity contribution in [2.24, 2.45) is 0 Å². The number of thiazole rings is 1. The van der Waals surface area contributed by atoms with E-state index in [1.807, 2.05) is 67.6 Å². The van der Waals surface area contributed by atoms with Crippen molar-refractivity contribution in [2.45, 2.75) is 6.92 Å². The molecule has 0 amide bonds. The number of ether oxygens (including phenoxy) is 2. The van der Waals surface area contributed by atoms with Gasteiger partial charge in [-0.1, -0.05) is 24.3 Å². The van der Waals surface area contributed by atoms with Crippen molar-refractivity contribution in [1.29, 1.82) is 5.26 Å². The number of rotatable bonds is 6. The summed E-state index contributed by atoms with van der Waals surface area (Å²) in [5, 5.41) is 10.0. The molecule has 0 radical (unpaired) electrons. The van der Waals surface area contributed by atoms with Gasteiger partial charge in [0.05, 0.1) is 28.5 Å². The third-order valence-electron chi connectivity index (χ3n) is 5.21. The molecular weight excluding hydrogens is 428 g/mol. The highest BCUT2D eigenvalue weighted by atomic mass is 32.1. The van der Waals surface area contributed by atoms with Gasteiger partial charge in [-0.2, -0.15) is 5.26 Å². The Bertz CT molecular complexity index is 1430. The van der Waals surface area contributed by atoms with E-state index in [1.54, 1.807) is 17.4 Å². The molecule has 4 aromatic carbocycles. The van der Waals surface area contributed by atoms with Crippen LogP contribution in [0.2, 0.25) is 0 Å². The van der Waals surface area contributed by atoms with Gasteiger partial charge in [-0.05, 0) is 84.8 Å². The number of aromatic nitrogens is 1. The van der Waals surface area contributed by atoms with Crippen molar-refractivity contribution >= 4 is 21.6 Å². The van der Waals surface area contributed by atoms with Crippen LogP contribution in [-0.2, 0) is 0 Å². The fraction of sp³-hybridized carbons (Fsp3) is 0.0714. The Labute approximate surface area is 196 Å². The van der Waals surface area contributed by atoms with Crippen LogP contribution in [-0.4, -0.2) is 11.6 Å². The van der Waals surface area contributed by atoms with E-state index < -0.39 is 0 Å². The molecule has 0 saturated heterocycles. The van der Waals surface area contributed by atoms with Crippen molar-refractivity contribution in [2.75, 3.05) is 6.61 Å². The van der Waals surface area contributed by atoms with Crippen LogP contribution in [0.4, 0.5) is 0 Å². The maximum Gasteiger partial charge on any atom is 0.127 e. The molecule has 33 heavy (non-hydrogen) atoms. The lowest BCUT2D eigenvalue weighted by Gasteiger charge is -2.08. The molecule has 5 rings (SSSR count). The lowest BCUT2D eigenvalue weighted by Crippen LogP contribution is -1.90. The molecule has 5 aromatic rings. The zero-order valence-corrected chi connectivity index (χ0v) is 18.8. The molecule has 0 fully saturated rings. The van der Waals surface area contributed by atoms with Gasteiger partial charge in [-0.3, -0.25) is 0 Å². The van der Waals surface area contributed by atoms with Crippen LogP contribution in [0.3, 0.4) is 0 Å². The van der Waals surface area contributed by atoms with Crippen molar-refractivity contribution < 1.29 is 9.47 Å². The second-order valence-electron chi connectivity index (χ2n) is 7.42. The normalized spacial score (nSPS) is 10.7. The zero-order valence-electron chi connectivity index (χ0n) is 18.0. The van der Waals surface area contributed by atoms with E-state index in [0.29, 0.717) is 12.2 Å². The number of hydrogen-bond acceptors (Lipinski definition) is 5. The molecule has 0 N–H and O–H groups in total. The van der Waals surface area contributed by atoms with Crippen LogP contribution in [0.15, 0.2) is 91.0 Å². The van der Waals surface area contributed by atoms with Crippen LogP contribution >= 0.6 is 11.3 Å². The topological polar surface area (TPSA) is 55.1 Å². The van der Waals surface area contributed by atoms with Crippen molar-refractivity contribution in [3.05, 3.63) is 96.6 Å². The van der Waals surface area contributed by atoms with E-state index in [9.17, 15) is 0 Å². The van der Waals surface area contributed by atoms with Crippen molar-refractivity contribution in [3.8, 4) is 45.0 Å². The van der Waals surface area contributed by atoms with Gasteiger partial charge >= 0.3 is 0 Å². The first-order valence-corrected chi connectivity index (χ1v) is 11.5. The third kappa shape index (κ3) is 4.57. The van der Waals surface area contributed by atoms with Crippen LogP contribution in [0.5, 0.6) is 17.2 Å². The number of hydrogen-bond donors (Lipinski definition) is 0. The minimum Gasteiger partial charge on any atom is -0.494 e. The molecule has 0 bridgehead atoms. The standard InChI is InChI=1S/C28H20N2O2S/c1-2-31-23-10-4-20(5-11-23)21-6-12-24(13-7-21)32-25-14-8-22(9-15-25)28-30-26-16-3-19(18-29)17-27(26)33-28/h3-17H,2H2,1H3. The molecule has 4 nitrogen and oxygen atoms in total. The van der Waals surface area contributed by atoms with E-state index in [2.05, 4.69) is 35.3 Å². The Hall–Kier alpha value is -4.14. The van der Waals surface area contributed by atoms with Crippen LogP contribution in [0.25, 0.3) is 31.9 Å². The van der Waals surface area contributed by atoms with Gasteiger partial charge in [-0.15, -0.1) is 11.3 Å². The summed E-state index contributed by atoms with van der Waals surface area (Å²) in [4.78, 5) is 4.69. The second-order valence-corrected chi connectivity index (χ2v) is 8.45. The largest absolute Gasteiger partial charge is 0.494 e.